The third kappa shape index (κ3) is 7.97. The summed E-state index contributed by atoms with van der Waals surface area (Å²) >= 11 is 5.53. The lowest BCUT2D eigenvalue weighted by Crippen LogP contribution is -2.45. The topological polar surface area (TPSA) is 81.7 Å². The molecule has 0 bridgehead atoms. The van der Waals surface area contributed by atoms with Crippen molar-refractivity contribution in [2.45, 2.75) is 45.4 Å². The fourth-order valence-electron chi connectivity index (χ4n) is 1.75. The van der Waals surface area contributed by atoms with Gasteiger partial charge < -0.3 is 14.8 Å². The lowest BCUT2D eigenvalue weighted by atomic mass is 10.1. The van der Waals surface area contributed by atoms with Gasteiger partial charge in [-0.15, -0.1) is 11.6 Å². The zero-order chi connectivity index (χ0) is 18.2. The van der Waals surface area contributed by atoms with Crippen LogP contribution in [0.15, 0.2) is 30.3 Å². The van der Waals surface area contributed by atoms with Gasteiger partial charge in [-0.2, -0.15) is 0 Å². The molecule has 7 heteroatoms. The number of carbonyl (C=O) groups is 3. The van der Waals surface area contributed by atoms with Gasteiger partial charge in [0.1, 0.15) is 18.2 Å². The Morgan fingerprint density at radius 2 is 1.79 bits per heavy atom. The van der Waals surface area contributed by atoms with E-state index in [1.165, 1.54) is 0 Å². The largest absolute Gasteiger partial charge is 0.461 e. The predicted octanol–water partition coefficient (Wildman–Crippen LogP) is 2.82. The molecule has 1 N–H and O–H groups in total. The fourth-order valence-corrected chi connectivity index (χ4v) is 1.94. The van der Waals surface area contributed by atoms with Crippen molar-refractivity contribution in [3.8, 4) is 0 Å². The molecule has 0 aliphatic rings. The molecule has 0 saturated heterocycles. The molecule has 24 heavy (non-hydrogen) atoms. The number of benzene rings is 1. The molecule has 0 saturated carbocycles. The first kappa shape index (κ1) is 20.0. The molecule has 0 aliphatic carbocycles. The predicted molar refractivity (Wildman–Crippen MR) is 89.7 cm³/mol. The van der Waals surface area contributed by atoms with Crippen LogP contribution >= 0.6 is 11.6 Å². The first-order valence-corrected chi connectivity index (χ1v) is 8.02. The second kappa shape index (κ2) is 9.27. The van der Waals surface area contributed by atoms with Crippen LogP contribution in [0.25, 0.3) is 0 Å². The number of carbonyl (C=O) groups excluding carboxylic acids is 3. The number of alkyl carbamates (subject to hydrolysis) is 1. The van der Waals surface area contributed by atoms with E-state index in [4.69, 9.17) is 21.1 Å². The van der Waals surface area contributed by atoms with E-state index in [-0.39, 0.29) is 18.9 Å². The van der Waals surface area contributed by atoms with Gasteiger partial charge in [-0.3, -0.25) is 9.59 Å². The molecular weight excluding hydrogens is 334 g/mol. The second-order valence-electron chi connectivity index (χ2n) is 6.15. The molecule has 0 heterocycles. The molecule has 0 aliphatic heterocycles. The zero-order valence-corrected chi connectivity index (χ0v) is 14.8. The van der Waals surface area contributed by atoms with Crippen LogP contribution in [-0.2, 0) is 25.7 Å². The van der Waals surface area contributed by atoms with Crippen molar-refractivity contribution >= 4 is 29.4 Å². The maximum Gasteiger partial charge on any atom is 0.408 e. The zero-order valence-electron chi connectivity index (χ0n) is 14.0. The van der Waals surface area contributed by atoms with Crippen LogP contribution in [0.1, 0.15) is 32.8 Å². The molecular formula is C17H22ClNO5. The Morgan fingerprint density at radius 3 is 2.33 bits per heavy atom. The number of Topliss-reactive ketones (excluding diaryl/α,β-unsaturated/α-hetero) is 1. The Hall–Kier alpha value is -2.08. The van der Waals surface area contributed by atoms with Crippen molar-refractivity contribution in [1.29, 1.82) is 0 Å². The number of esters is 1. The van der Waals surface area contributed by atoms with Crippen LogP contribution in [0.5, 0.6) is 0 Å². The quantitative estimate of drug-likeness (QED) is 0.600. The first-order chi connectivity index (χ1) is 11.2. The average molecular weight is 356 g/mol. The highest BCUT2D eigenvalue weighted by molar-refractivity contribution is 6.28. The SMILES string of the molecule is CC(C)(C)OC(=O)NC(CC(=O)OCc1ccccc1)C(=O)CCl. The highest BCUT2D eigenvalue weighted by Crippen LogP contribution is 2.09. The third-order valence-corrected chi connectivity index (χ3v) is 3.09. The number of hydrogen-bond donors (Lipinski definition) is 1. The minimum Gasteiger partial charge on any atom is -0.461 e. The summed E-state index contributed by atoms with van der Waals surface area (Å²) in [6, 6.07) is 8.05. The normalized spacial score (nSPS) is 12.2. The first-order valence-electron chi connectivity index (χ1n) is 7.49. The number of halogens is 1. The number of hydrogen-bond acceptors (Lipinski definition) is 5. The monoisotopic (exact) mass is 355 g/mol. The van der Waals surface area contributed by atoms with Gasteiger partial charge in [0, 0.05) is 0 Å². The maximum atomic E-state index is 11.9. The minimum atomic E-state index is -1.08. The Kier molecular flexibility index (Phi) is 7.71. The maximum absolute atomic E-state index is 11.9. The van der Waals surface area contributed by atoms with E-state index in [0.717, 1.165) is 5.56 Å². The smallest absolute Gasteiger partial charge is 0.408 e. The minimum absolute atomic E-state index is 0.0912. The Balaban J connectivity index is 2.57. The third-order valence-electron chi connectivity index (χ3n) is 2.82. The molecule has 1 rings (SSSR count). The van der Waals surface area contributed by atoms with Crippen molar-refractivity contribution in [1.82, 2.24) is 5.32 Å². The lowest BCUT2D eigenvalue weighted by Gasteiger charge is -2.22. The van der Waals surface area contributed by atoms with Crippen molar-refractivity contribution in [2.75, 3.05) is 5.88 Å². The van der Waals surface area contributed by atoms with E-state index in [1.54, 1.807) is 20.8 Å². The Morgan fingerprint density at radius 1 is 1.17 bits per heavy atom. The van der Waals surface area contributed by atoms with E-state index < -0.39 is 29.5 Å². The number of nitrogens with one attached hydrogen (secondary N) is 1. The van der Waals surface area contributed by atoms with Gasteiger partial charge in [-0.1, -0.05) is 30.3 Å². The highest BCUT2D eigenvalue weighted by Gasteiger charge is 2.26. The summed E-state index contributed by atoms with van der Waals surface area (Å²) in [5.41, 5.74) is 0.109. The number of ether oxygens (including phenoxy) is 2. The number of rotatable bonds is 7. The van der Waals surface area contributed by atoms with E-state index in [1.807, 2.05) is 30.3 Å². The summed E-state index contributed by atoms with van der Waals surface area (Å²) in [7, 11) is 0. The number of ketones is 1. The number of amides is 1. The van der Waals surface area contributed by atoms with Crippen LogP contribution in [0.4, 0.5) is 4.79 Å². The van der Waals surface area contributed by atoms with Crippen molar-refractivity contribution < 1.29 is 23.9 Å². The molecule has 1 aromatic rings. The lowest BCUT2D eigenvalue weighted by molar-refractivity contribution is -0.146. The molecule has 0 radical (unpaired) electrons. The van der Waals surface area contributed by atoms with Crippen LogP contribution < -0.4 is 5.32 Å². The molecule has 6 nitrogen and oxygen atoms in total. The molecule has 0 spiro atoms. The molecule has 1 unspecified atom stereocenters. The fraction of sp³-hybridized carbons (Fsp3) is 0.471. The molecule has 1 aromatic carbocycles. The summed E-state index contributed by atoms with van der Waals surface area (Å²) in [5, 5.41) is 2.36. The summed E-state index contributed by atoms with van der Waals surface area (Å²) in [6.07, 6.45) is -1.10. The van der Waals surface area contributed by atoms with E-state index in [0.29, 0.717) is 0 Å². The van der Waals surface area contributed by atoms with Crippen LogP contribution in [0.3, 0.4) is 0 Å². The summed E-state index contributed by atoms with van der Waals surface area (Å²) in [5.74, 6) is -1.43. The molecule has 1 amide bonds. The van der Waals surface area contributed by atoms with Crippen molar-refractivity contribution in [3.05, 3.63) is 35.9 Å². The summed E-state index contributed by atoms with van der Waals surface area (Å²) in [4.78, 5) is 35.5. The van der Waals surface area contributed by atoms with Gasteiger partial charge in [0.05, 0.1) is 12.3 Å². The molecule has 132 valence electrons. The summed E-state index contributed by atoms with van der Waals surface area (Å²) in [6.45, 7) is 5.17. The van der Waals surface area contributed by atoms with Gasteiger partial charge in [0.15, 0.2) is 5.78 Å². The van der Waals surface area contributed by atoms with Gasteiger partial charge >= 0.3 is 12.1 Å². The van der Waals surface area contributed by atoms with E-state index in [2.05, 4.69) is 5.32 Å². The van der Waals surface area contributed by atoms with Gasteiger partial charge in [0.25, 0.3) is 0 Å². The highest BCUT2D eigenvalue weighted by atomic mass is 35.5. The molecule has 0 fully saturated rings. The van der Waals surface area contributed by atoms with Crippen LogP contribution in [-0.4, -0.2) is 35.4 Å². The van der Waals surface area contributed by atoms with Gasteiger partial charge in [-0.25, -0.2) is 4.79 Å². The summed E-state index contributed by atoms with van der Waals surface area (Å²) < 4.78 is 10.2. The Labute approximate surface area is 146 Å². The average Bonchev–Trinajstić information content (AvgIpc) is 2.50. The van der Waals surface area contributed by atoms with Crippen LogP contribution in [0.2, 0.25) is 0 Å². The Bertz CT molecular complexity index is 568. The molecule has 1 atom stereocenters. The standard InChI is InChI=1S/C17H22ClNO5/c1-17(2,3)24-16(22)19-13(14(20)10-18)9-15(21)23-11-12-7-5-4-6-8-12/h4-8,13H,9-11H2,1-3H3,(H,19,22). The van der Waals surface area contributed by atoms with Gasteiger partial charge in [0.2, 0.25) is 0 Å². The number of alkyl halides is 1. The van der Waals surface area contributed by atoms with E-state index >= 15 is 0 Å². The van der Waals surface area contributed by atoms with E-state index in [9.17, 15) is 14.4 Å². The van der Waals surface area contributed by atoms with Crippen molar-refractivity contribution in [3.63, 3.8) is 0 Å². The van der Waals surface area contributed by atoms with Crippen LogP contribution in [0, 0.1) is 0 Å². The van der Waals surface area contributed by atoms with Crippen molar-refractivity contribution in [2.24, 2.45) is 0 Å². The molecule has 0 aromatic heterocycles. The second-order valence-corrected chi connectivity index (χ2v) is 6.42. The van der Waals surface area contributed by atoms with Gasteiger partial charge in [-0.05, 0) is 26.3 Å².